The molecule has 0 saturated carbocycles. The third-order valence-electron chi connectivity index (χ3n) is 5.02. The van der Waals surface area contributed by atoms with Crippen LogP contribution in [-0.2, 0) is 4.84 Å². The lowest BCUT2D eigenvalue weighted by molar-refractivity contribution is -0.0831. The van der Waals surface area contributed by atoms with Gasteiger partial charge in [0.25, 0.3) is 0 Å². The first-order valence-corrected chi connectivity index (χ1v) is 11.0. The molecule has 9 nitrogen and oxygen atoms in total. The molecule has 3 aromatic carbocycles. The van der Waals surface area contributed by atoms with Crippen LogP contribution in [0.15, 0.2) is 91.0 Å². The molecule has 1 aromatic heterocycles. The Morgan fingerprint density at radius 3 is 2.00 bits per heavy atom. The number of rotatable bonds is 6. The molecule has 1 heterocycles. The molecule has 182 valence electrons. The average Bonchev–Trinajstić information content (AvgIpc) is 3.27. The molecule has 0 aliphatic carbocycles. The summed E-state index contributed by atoms with van der Waals surface area (Å²) in [6, 6.07) is 25.6. The van der Waals surface area contributed by atoms with Crippen LogP contribution in [0.1, 0.15) is 21.7 Å². The summed E-state index contributed by atoms with van der Waals surface area (Å²) in [5, 5.41) is 4.87. The molecule has 1 amide bonds. The van der Waals surface area contributed by atoms with Crippen molar-refractivity contribution >= 4 is 18.0 Å². The second kappa shape index (κ2) is 11.0. The highest BCUT2D eigenvalue weighted by Gasteiger charge is 2.27. The van der Waals surface area contributed by atoms with E-state index in [1.807, 2.05) is 31.2 Å². The Kier molecular flexibility index (Phi) is 7.40. The van der Waals surface area contributed by atoms with E-state index in [4.69, 9.17) is 14.3 Å². The van der Waals surface area contributed by atoms with E-state index in [2.05, 4.69) is 5.10 Å². The van der Waals surface area contributed by atoms with E-state index in [0.717, 1.165) is 11.3 Å². The third-order valence-corrected chi connectivity index (χ3v) is 5.02. The number of aryl methyl sites for hydroxylation is 2. The SMILES string of the molecule is Cc1ccc(-n2nc(C(=O)CN(OC(=O)Oc3ccccc3)C(=O)Oc3ccccc3)cc2C)cc1. The highest BCUT2D eigenvalue weighted by molar-refractivity contribution is 5.97. The van der Waals surface area contributed by atoms with Crippen LogP contribution in [0, 0.1) is 13.8 Å². The van der Waals surface area contributed by atoms with Gasteiger partial charge in [-0.1, -0.05) is 54.1 Å². The zero-order chi connectivity index (χ0) is 25.5. The largest absolute Gasteiger partial charge is 0.539 e. The molecule has 0 spiro atoms. The van der Waals surface area contributed by atoms with E-state index in [-0.39, 0.29) is 17.2 Å². The van der Waals surface area contributed by atoms with Crippen molar-refractivity contribution in [2.24, 2.45) is 0 Å². The Hall–Kier alpha value is -4.92. The number of ketones is 1. The number of aromatic nitrogens is 2. The second-order valence-corrected chi connectivity index (χ2v) is 7.82. The first kappa shape index (κ1) is 24.2. The number of Topliss-reactive ketones (excluding diaryl/α,β-unsaturated/α-hetero) is 1. The van der Waals surface area contributed by atoms with Crippen LogP contribution >= 0.6 is 0 Å². The molecule has 4 rings (SSSR count). The number of carbonyl (C=O) groups is 3. The molecule has 0 N–H and O–H groups in total. The van der Waals surface area contributed by atoms with Crippen LogP contribution < -0.4 is 9.47 Å². The van der Waals surface area contributed by atoms with Crippen molar-refractivity contribution in [2.45, 2.75) is 13.8 Å². The van der Waals surface area contributed by atoms with Gasteiger partial charge < -0.3 is 9.47 Å². The Morgan fingerprint density at radius 1 is 0.806 bits per heavy atom. The number of para-hydroxylation sites is 2. The first-order chi connectivity index (χ1) is 17.4. The van der Waals surface area contributed by atoms with Gasteiger partial charge in [-0.15, -0.1) is 5.06 Å². The maximum atomic E-state index is 13.0. The molecule has 0 unspecified atom stereocenters. The standard InChI is InChI=1S/C27H23N3O6/c1-19-13-15-21(16-14-19)30-20(2)17-24(28-30)25(31)18-29(26(32)34-22-9-5-3-6-10-22)36-27(33)35-23-11-7-4-8-12-23/h3-17H,18H2,1-2H3. The summed E-state index contributed by atoms with van der Waals surface area (Å²) in [7, 11) is 0. The Morgan fingerprint density at radius 2 is 1.39 bits per heavy atom. The summed E-state index contributed by atoms with van der Waals surface area (Å²) in [6.45, 7) is 3.14. The minimum absolute atomic E-state index is 0.0885. The molecule has 4 aromatic rings. The average molecular weight is 485 g/mol. The van der Waals surface area contributed by atoms with Crippen molar-refractivity contribution < 1.29 is 28.7 Å². The lowest BCUT2D eigenvalue weighted by Gasteiger charge is -2.19. The van der Waals surface area contributed by atoms with E-state index in [9.17, 15) is 14.4 Å². The number of hydroxylamine groups is 2. The van der Waals surface area contributed by atoms with Crippen molar-refractivity contribution in [1.29, 1.82) is 0 Å². The minimum Gasteiger partial charge on any atom is -0.408 e. The number of benzene rings is 3. The van der Waals surface area contributed by atoms with E-state index < -0.39 is 24.6 Å². The van der Waals surface area contributed by atoms with Crippen LogP contribution in [0.5, 0.6) is 11.5 Å². The van der Waals surface area contributed by atoms with Gasteiger partial charge in [0.15, 0.2) is 0 Å². The van der Waals surface area contributed by atoms with Crippen LogP contribution in [0.25, 0.3) is 5.69 Å². The second-order valence-electron chi connectivity index (χ2n) is 7.82. The van der Waals surface area contributed by atoms with Gasteiger partial charge in [0.05, 0.1) is 5.69 Å². The molecule has 0 radical (unpaired) electrons. The van der Waals surface area contributed by atoms with Crippen molar-refractivity contribution in [3.8, 4) is 17.2 Å². The lowest BCUT2D eigenvalue weighted by Crippen LogP contribution is -2.40. The summed E-state index contributed by atoms with van der Waals surface area (Å²) in [5.41, 5.74) is 2.67. The summed E-state index contributed by atoms with van der Waals surface area (Å²) >= 11 is 0. The molecule has 0 atom stereocenters. The van der Waals surface area contributed by atoms with E-state index >= 15 is 0 Å². The summed E-state index contributed by atoms with van der Waals surface area (Å²) < 4.78 is 11.9. The molecular weight excluding hydrogens is 462 g/mol. The van der Waals surface area contributed by atoms with Crippen LogP contribution in [0.3, 0.4) is 0 Å². The number of hydrogen-bond acceptors (Lipinski definition) is 7. The molecular formula is C27H23N3O6. The normalized spacial score (nSPS) is 10.4. The van der Waals surface area contributed by atoms with Gasteiger partial charge in [-0.3, -0.25) is 9.63 Å². The summed E-state index contributed by atoms with van der Waals surface area (Å²) in [6.07, 6.45) is -2.28. The highest BCUT2D eigenvalue weighted by Crippen LogP contribution is 2.16. The fourth-order valence-corrected chi connectivity index (χ4v) is 3.24. The lowest BCUT2D eigenvalue weighted by atomic mass is 10.2. The number of hydrogen-bond donors (Lipinski definition) is 0. The maximum Gasteiger partial charge on any atom is 0.539 e. The quantitative estimate of drug-likeness (QED) is 0.158. The smallest absolute Gasteiger partial charge is 0.408 e. The zero-order valence-electron chi connectivity index (χ0n) is 19.7. The summed E-state index contributed by atoms with van der Waals surface area (Å²) in [5.74, 6) is -0.154. The molecule has 0 fully saturated rings. The monoisotopic (exact) mass is 485 g/mol. The van der Waals surface area contributed by atoms with Gasteiger partial charge in [-0.05, 0) is 56.3 Å². The fraction of sp³-hybridized carbons (Fsp3) is 0.111. The predicted molar refractivity (Wildman–Crippen MR) is 130 cm³/mol. The van der Waals surface area contributed by atoms with E-state index in [0.29, 0.717) is 10.8 Å². The Bertz CT molecular complexity index is 1350. The molecule has 0 aliphatic rings. The maximum absolute atomic E-state index is 13.0. The topological polar surface area (TPSA) is 100.0 Å². The molecule has 36 heavy (non-hydrogen) atoms. The highest BCUT2D eigenvalue weighted by atomic mass is 16.8. The van der Waals surface area contributed by atoms with Crippen LogP contribution in [-0.4, -0.2) is 39.4 Å². The zero-order valence-corrected chi connectivity index (χ0v) is 19.7. The van der Waals surface area contributed by atoms with Gasteiger partial charge in [-0.25, -0.2) is 14.3 Å². The van der Waals surface area contributed by atoms with Gasteiger partial charge >= 0.3 is 12.2 Å². The van der Waals surface area contributed by atoms with Crippen LogP contribution in [0.4, 0.5) is 9.59 Å². The van der Waals surface area contributed by atoms with Crippen molar-refractivity contribution in [3.05, 3.63) is 108 Å². The minimum atomic E-state index is -1.21. The van der Waals surface area contributed by atoms with Crippen molar-refractivity contribution in [2.75, 3.05) is 6.54 Å². The van der Waals surface area contributed by atoms with Gasteiger partial charge in [0.1, 0.15) is 23.7 Å². The van der Waals surface area contributed by atoms with Crippen molar-refractivity contribution in [1.82, 2.24) is 14.8 Å². The molecule has 9 heteroatoms. The Balaban J connectivity index is 1.52. The van der Waals surface area contributed by atoms with Gasteiger partial charge in [0.2, 0.25) is 5.78 Å². The molecule has 0 aliphatic heterocycles. The number of ether oxygens (including phenoxy) is 2. The number of amides is 1. The Labute approximate surface area is 207 Å². The third kappa shape index (κ3) is 6.15. The molecule has 0 saturated heterocycles. The van der Waals surface area contributed by atoms with Gasteiger partial charge in [-0.2, -0.15) is 5.10 Å². The molecule has 0 bridgehead atoms. The van der Waals surface area contributed by atoms with Gasteiger partial charge in [0, 0.05) is 5.69 Å². The summed E-state index contributed by atoms with van der Waals surface area (Å²) in [4.78, 5) is 43.2. The number of nitrogens with zero attached hydrogens (tertiary/aromatic N) is 3. The van der Waals surface area contributed by atoms with E-state index in [1.54, 1.807) is 78.3 Å². The van der Waals surface area contributed by atoms with Crippen molar-refractivity contribution in [3.63, 3.8) is 0 Å². The fourth-order valence-electron chi connectivity index (χ4n) is 3.24. The predicted octanol–water partition coefficient (Wildman–Crippen LogP) is 5.30. The van der Waals surface area contributed by atoms with E-state index in [1.165, 1.54) is 0 Å². The first-order valence-electron chi connectivity index (χ1n) is 11.0. The number of carbonyl (C=O) groups excluding carboxylic acids is 3. The van der Waals surface area contributed by atoms with Crippen LogP contribution in [0.2, 0.25) is 0 Å².